The predicted molar refractivity (Wildman–Crippen MR) is 88.3 cm³/mol. The van der Waals surface area contributed by atoms with Crippen LogP contribution in [0.25, 0.3) is 0 Å². The molecule has 1 aromatic carbocycles. The van der Waals surface area contributed by atoms with Crippen LogP contribution in [0.1, 0.15) is 25.5 Å². The number of hydrogen-bond acceptors (Lipinski definition) is 4. The van der Waals surface area contributed by atoms with Crippen LogP contribution in [0.15, 0.2) is 30.3 Å². The third-order valence-electron chi connectivity index (χ3n) is 4.60. The van der Waals surface area contributed by atoms with Crippen molar-refractivity contribution in [2.24, 2.45) is 0 Å². The molecule has 4 atom stereocenters. The van der Waals surface area contributed by atoms with Crippen molar-refractivity contribution in [2.45, 2.75) is 38.2 Å². The summed E-state index contributed by atoms with van der Waals surface area (Å²) in [5, 5.41) is 0. The Morgan fingerprint density at radius 2 is 1.75 bits per heavy atom. The van der Waals surface area contributed by atoms with Crippen LogP contribution >= 0.6 is 0 Å². The summed E-state index contributed by atoms with van der Waals surface area (Å²) in [6, 6.07) is 9.16. The SMILES string of the molecule is C[C@@H]1CN(C(=O)[C@@H]2OCC(=O)N(C)[C@H]2c2ccccc2)C[C@H](C)O1. The third-order valence-corrected chi connectivity index (χ3v) is 4.60. The first-order valence-electron chi connectivity index (χ1n) is 8.34. The first kappa shape index (κ1) is 16.9. The molecule has 0 saturated carbocycles. The number of benzene rings is 1. The zero-order valence-corrected chi connectivity index (χ0v) is 14.3. The smallest absolute Gasteiger partial charge is 0.254 e. The van der Waals surface area contributed by atoms with Crippen molar-refractivity contribution in [2.75, 3.05) is 26.7 Å². The summed E-state index contributed by atoms with van der Waals surface area (Å²) in [4.78, 5) is 28.6. The van der Waals surface area contributed by atoms with E-state index in [0.717, 1.165) is 5.56 Å². The second-order valence-electron chi connectivity index (χ2n) is 6.59. The van der Waals surface area contributed by atoms with Crippen LogP contribution in [0.3, 0.4) is 0 Å². The summed E-state index contributed by atoms with van der Waals surface area (Å²) >= 11 is 0. The summed E-state index contributed by atoms with van der Waals surface area (Å²) in [6.45, 7) is 4.94. The molecule has 0 bridgehead atoms. The molecule has 6 nitrogen and oxygen atoms in total. The standard InChI is InChI=1S/C18H24N2O4/c1-12-9-20(10-13(2)24-12)18(22)17-16(14-7-5-4-6-8-14)19(3)15(21)11-23-17/h4-8,12-13,16-17H,9-11H2,1-3H3/t12-,13+,16-,17+/m0/s1. The van der Waals surface area contributed by atoms with Crippen LogP contribution in [-0.2, 0) is 19.1 Å². The van der Waals surface area contributed by atoms with Crippen LogP contribution in [-0.4, -0.2) is 66.7 Å². The maximum Gasteiger partial charge on any atom is 0.254 e. The Morgan fingerprint density at radius 3 is 2.38 bits per heavy atom. The molecule has 2 aliphatic rings. The molecular weight excluding hydrogens is 308 g/mol. The molecule has 0 aromatic heterocycles. The average molecular weight is 332 g/mol. The highest BCUT2D eigenvalue weighted by Crippen LogP contribution is 2.30. The quantitative estimate of drug-likeness (QED) is 0.817. The van der Waals surface area contributed by atoms with Crippen LogP contribution in [0, 0.1) is 0 Å². The van der Waals surface area contributed by atoms with Crippen LogP contribution < -0.4 is 0 Å². The number of amides is 2. The van der Waals surface area contributed by atoms with Gasteiger partial charge in [0.15, 0.2) is 6.10 Å². The van der Waals surface area contributed by atoms with Gasteiger partial charge in [-0.25, -0.2) is 0 Å². The molecule has 2 fully saturated rings. The second-order valence-corrected chi connectivity index (χ2v) is 6.59. The van der Waals surface area contributed by atoms with Gasteiger partial charge in [0.2, 0.25) is 5.91 Å². The van der Waals surface area contributed by atoms with Gasteiger partial charge in [-0.2, -0.15) is 0 Å². The molecule has 6 heteroatoms. The number of likely N-dealkylation sites (N-methyl/N-ethyl adjacent to an activating group) is 1. The van der Waals surface area contributed by atoms with Crippen molar-refractivity contribution >= 4 is 11.8 Å². The van der Waals surface area contributed by atoms with Crippen molar-refractivity contribution in [3.05, 3.63) is 35.9 Å². The summed E-state index contributed by atoms with van der Waals surface area (Å²) < 4.78 is 11.4. The van der Waals surface area contributed by atoms with Gasteiger partial charge in [-0.3, -0.25) is 9.59 Å². The lowest BCUT2D eigenvalue weighted by Gasteiger charge is -2.42. The molecule has 2 saturated heterocycles. The number of nitrogens with zero attached hydrogens (tertiary/aromatic N) is 2. The minimum atomic E-state index is -0.687. The van der Waals surface area contributed by atoms with E-state index in [1.54, 1.807) is 16.8 Å². The number of hydrogen-bond donors (Lipinski definition) is 0. The van der Waals surface area contributed by atoms with Crippen molar-refractivity contribution in [3.63, 3.8) is 0 Å². The summed E-state index contributed by atoms with van der Waals surface area (Å²) in [6.07, 6.45) is -0.695. The summed E-state index contributed by atoms with van der Waals surface area (Å²) in [7, 11) is 1.73. The van der Waals surface area contributed by atoms with Crippen molar-refractivity contribution in [1.82, 2.24) is 9.80 Å². The first-order valence-corrected chi connectivity index (χ1v) is 8.34. The van der Waals surface area contributed by atoms with E-state index in [4.69, 9.17) is 9.47 Å². The van der Waals surface area contributed by atoms with Gasteiger partial charge in [0.1, 0.15) is 6.61 Å². The molecule has 2 amide bonds. The molecule has 0 radical (unpaired) electrons. The molecular formula is C18H24N2O4. The Hall–Kier alpha value is -1.92. The topological polar surface area (TPSA) is 59.1 Å². The van der Waals surface area contributed by atoms with E-state index in [2.05, 4.69) is 0 Å². The third kappa shape index (κ3) is 3.30. The van der Waals surface area contributed by atoms with Gasteiger partial charge >= 0.3 is 0 Å². The number of carbonyl (C=O) groups is 2. The van der Waals surface area contributed by atoms with Crippen LogP contribution in [0.2, 0.25) is 0 Å². The Kier molecular flexibility index (Phi) is 4.87. The molecule has 2 aliphatic heterocycles. The highest BCUT2D eigenvalue weighted by Gasteiger charge is 2.42. The second kappa shape index (κ2) is 6.91. The van der Waals surface area contributed by atoms with Gasteiger partial charge in [-0.05, 0) is 19.4 Å². The number of carbonyl (C=O) groups excluding carboxylic acids is 2. The zero-order chi connectivity index (χ0) is 17.3. The Morgan fingerprint density at radius 1 is 1.12 bits per heavy atom. The van der Waals surface area contributed by atoms with E-state index < -0.39 is 12.1 Å². The summed E-state index contributed by atoms with van der Waals surface area (Å²) in [5.74, 6) is -0.193. The van der Waals surface area contributed by atoms with E-state index in [1.807, 2.05) is 44.2 Å². The molecule has 24 heavy (non-hydrogen) atoms. The van der Waals surface area contributed by atoms with Crippen molar-refractivity contribution in [1.29, 1.82) is 0 Å². The molecule has 0 spiro atoms. The maximum atomic E-state index is 13.1. The largest absolute Gasteiger partial charge is 0.372 e. The molecule has 0 N–H and O–H groups in total. The number of morpholine rings is 2. The lowest BCUT2D eigenvalue weighted by Crippen LogP contribution is -2.57. The fourth-order valence-electron chi connectivity index (χ4n) is 3.50. The van der Waals surface area contributed by atoms with Gasteiger partial charge in [-0.15, -0.1) is 0 Å². The van der Waals surface area contributed by atoms with E-state index in [0.29, 0.717) is 13.1 Å². The first-order chi connectivity index (χ1) is 11.5. The highest BCUT2D eigenvalue weighted by atomic mass is 16.5. The maximum absolute atomic E-state index is 13.1. The normalized spacial score (nSPS) is 31.2. The fraction of sp³-hybridized carbons (Fsp3) is 0.556. The lowest BCUT2D eigenvalue weighted by molar-refractivity contribution is -0.173. The van der Waals surface area contributed by atoms with Crippen molar-refractivity contribution in [3.8, 4) is 0 Å². The molecule has 0 unspecified atom stereocenters. The minimum Gasteiger partial charge on any atom is -0.372 e. The molecule has 130 valence electrons. The molecule has 3 rings (SSSR count). The zero-order valence-electron chi connectivity index (χ0n) is 14.3. The Bertz CT molecular complexity index is 596. The van der Waals surface area contributed by atoms with E-state index in [9.17, 15) is 9.59 Å². The Labute approximate surface area is 142 Å². The van der Waals surface area contributed by atoms with E-state index >= 15 is 0 Å². The predicted octanol–water partition coefficient (Wildman–Crippen LogP) is 1.22. The van der Waals surface area contributed by atoms with Gasteiger partial charge in [0.25, 0.3) is 5.91 Å². The average Bonchev–Trinajstić information content (AvgIpc) is 2.56. The molecule has 0 aliphatic carbocycles. The summed E-state index contributed by atoms with van der Waals surface area (Å²) in [5.41, 5.74) is 0.903. The van der Waals surface area contributed by atoms with Crippen LogP contribution in [0.4, 0.5) is 0 Å². The number of rotatable bonds is 2. The lowest BCUT2D eigenvalue weighted by atomic mass is 9.97. The van der Waals surface area contributed by atoms with Crippen molar-refractivity contribution < 1.29 is 19.1 Å². The van der Waals surface area contributed by atoms with Gasteiger partial charge in [-0.1, -0.05) is 30.3 Å². The van der Waals surface area contributed by atoms with Crippen LogP contribution in [0.5, 0.6) is 0 Å². The number of ether oxygens (including phenoxy) is 2. The minimum absolute atomic E-state index is 0.00386. The highest BCUT2D eigenvalue weighted by molar-refractivity contribution is 5.86. The monoisotopic (exact) mass is 332 g/mol. The Balaban J connectivity index is 1.86. The van der Waals surface area contributed by atoms with Gasteiger partial charge in [0.05, 0.1) is 18.2 Å². The fourth-order valence-corrected chi connectivity index (χ4v) is 3.50. The van der Waals surface area contributed by atoms with E-state index in [1.165, 1.54) is 0 Å². The molecule has 1 aromatic rings. The molecule has 2 heterocycles. The van der Waals surface area contributed by atoms with Gasteiger partial charge < -0.3 is 19.3 Å². The van der Waals surface area contributed by atoms with E-state index in [-0.39, 0.29) is 30.6 Å². The van der Waals surface area contributed by atoms with Gasteiger partial charge in [0, 0.05) is 20.1 Å².